The van der Waals surface area contributed by atoms with Crippen LogP contribution in [0.25, 0.3) is 0 Å². The summed E-state index contributed by atoms with van der Waals surface area (Å²) < 4.78 is 15.0. The summed E-state index contributed by atoms with van der Waals surface area (Å²) in [6.45, 7) is 10.6. The van der Waals surface area contributed by atoms with E-state index in [2.05, 4.69) is 13.2 Å². The molecule has 0 saturated carbocycles. The first-order chi connectivity index (χ1) is 16.2. The van der Waals surface area contributed by atoms with Crippen molar-refractivity contribution in [2.45, 2.75) is 25.2 Å². The van der Waals surface area contributed by atoms with Gasteiger partial charge in [0.05, 0.1) is 17.3 Å². The van der Waals surface area contributed by atoms with Crippen molar-refractivity contribution in [1.29, 1.82) is 5.26 Å². The standard InChI is InChI=1S/C25H26N2O6S/c1-17(2)23(28)31-13-7-12-27-20-8-5-6-9-21(20)34-22(27)11-10-19(16-26)25(30)33-15-14-32-24(29)18(3)4/h5-6,8-11H,1,3,7,12-15H2,2,4H3. The fourth-order valence-corrected chi connectivity index (χ4v) is 3.78. The Bertz CT molecular complexity index is 1080. The number of rotatable bonds is 11. The van der Waals surface area contributed by atoms with Crippen LogP contribution in [0.4, 0.5) is 5.69 Å². The van der Waals surface area contributed by atoms with Gasteiger partial charge in [0.25, 0.3) is 0 Å². The number of allylic oxidation sites excluding steroid dienone is 2. The van der Waals surface area contributed by atoms with Crippen LogP contribution in [0.2, 0.25) is 0 Å². The van der Waals surface area contributed by atoms with Crippen LogP contribution in [0.15, 0.2) is 76.2 Å². The topological polar surface area (TPSA) is 106 Å². The van der Waals surface area contributed by atoms with E-state index in [4.69, 9.17) is 14.2 Å². The second kappa shape index (κ2) is 13.1. The maximum absolute atomic E-state index is 12.2. The molecule has 1 heterocycles. The highest BCUT2D eigenvalue weighted by Crippen LogP contribution is 2.45. The van der Waals surface area contributed by atoms with E-state index in [-0.39, 0.29) is 31.0 Å². The Hall–Kier alpha value is -3.77. The molecule has 0 amide bonds. The molecule has 0 fully saturated rings. The number of anilines is 1. The van der Waals surface area contributed by atoms with E-state index >= 15 is 0 Å². The zero-order valence-corrected chi connectivity index (χ0v) is 20.0. The summed E-state index contributed by atoms with van der Waals surface area (Å²) >= 11 is 1.50. The zero-order valence-electron chi connectivity index (χ0n) is 19.2. The first-order valence-corrected chi connectivity index (χ1v) is 11.2. The van der Waals surface area contributed by atoms with Crippen LogP contribution >= 0.6 is 11.8 Å². The SMILES string of the molecule is C=C(C)C(=O)OCCCN1C(=CC=C(C#N)C(=O)OCCOC(=O)C(=C)C)Sc2ccccc21. The van der Waals surface area contributed by atoms with Crippen LogP contribution in [0.5, 0.6) is 0 Å². The van der Waals surface area contributed by atoms with Crippen LogP contribution in [-0.4, -0.2) is 44.3 Å². The Morgan fingerprint density at radius 2 is 1.59 bits per heavy atom. The van der Waals surface area contributed by atoms with E-state index in [9.17, 15) is 19.6 Å². The van der Waals surface area contributed by atoms with Crippen LogP contribution in [0.1, 0.15) is 20.3 Å². The van der Waals surface area contributed by atoms with E-state index in [1.165, 1.54) is 24.8 Å². The molecular weight excluding hydrogens is 456 g/mol. The van der Waals surface area contributed by atoms with Crippen molar-refractivity contribution >= 4 is 35.4 Å². The molecule has 0 bridgehead atoms. The molecule has 1 aliphatic heterocycles. The summed E-state index contributed by atoms with van der Waals surface area (Å²) in [5.74, 6) is -1.82. The van der Waals surface area contributed by atoms with Gasteiger partial charge in [-0.25, -0.2) is 14.4 Å². The van der Waals surface area contributed by atoms with Gasteiger partial charge in [-0.1, -0.05) is 37.1 Å². The lowest BCUT2D eigenvalue weighted by atomic mass is 10.2. The summed E-state index contributed by atoms with van der Waals surface area (Å²) in [6, 6.07) is 9.63. The third kappa shape index (κ3) is 7.67. The quantitative estimate of drug-likeness (QED) is 0.152. The molecule has 1 aromatic rings. The highest BCUT2D eigenvalue weighted by Gasteiger charge is 2.24. The third-order valence-corrected chi connectivity index (χ3v) is 5.51. The predicted molar refractivity (Wildman–Crippen MR) is 129 cm³/mol. The Kier molecular flexibility index (Phi) is 10.2. The molecule has 1 aromatic carbocycles. The molecule has 0 unspecified atom stereocenters. The Labute approximate surface area is 203 Å². The minimum absolute atomic E-state index is 0.133. The van der Waals surface area contributed by atoms with Gasteiger partial charge in [-0.15, -0.1) is 0 Å². The average Bonchev–Trinajstić information content (AvgIpc) is 3.16. The Morgan fingerprint density at radius 3 is 2.21 bits per heavy atom. The van der Waals surface area contributed by atoms with Gasteiger partial charge in [0, 0.05) is 22.6 Å². The van der Waals surface area contributed by atoms with E-state index in [1.54, 1.807) is 13.0 Å². The smallest absolute Gasteiger partial charge is 0.349 e. The highest BCUT2D eigenvalue weighted by molar-refractivity contribution is 8.03. The molecular formula is C25H26N2O6S. The number of hydrogen-bond donors (Lipinski definition) is 0. The molecule has 8 nitrogen and oxygen atoms in total. The molecule has 9 heteroatoms. The molecule has 0 radical (unpaired) electrons. The Morgan fingerprint density at radius 1 is 1.00 bits per heavy atom. The molecule has 2 rings (SSSR count). The number of fused-ring (bicyclic) bond motifs is 1. The number of nitriles is 1. The van der Waals surface area contributed by atoms with Gasteiger partial charge in [0.2, 0.25) is 0 Å². The van der Waals surface area contributed by atoms with Crippen molar-refractivity contribution in [3.8, 4) is 6.07 Å². The number of carbonyl (C=O) groups excluding carboxylic acids is 3. The van der Waals surface area contributed by atoms with Gasteiger partial charge in [-0.3, -0.25) is 0 Å². The number of nitrogens with zero attached hydrogens (tertiary/aromatic N) is 2. The first kappa shape index (κ1) is 26.5. The number of para-hydroxylation sites is 1. The lowest BCUT2D eigenvalue weighted by molar-refractivity contribution is -0.147. The van der Waals surface area contributed by atoms with Gasteiger partial charge >= 0.3 is 17.9 Å². The molecule has 0 saturated heterocycles. The van der Waals surface area contributed by atoms with E-state index in [0.29, 0.717) is 18.5 Å². The normalized spacial score (nSPS) is 13.6. The minimum atomic E-state index is -0.815. The molecule has 0 aliphatic carbocycles. The molecule has 178 valence electrons. The summed E-state index contributed by atoms with van der Waals surface area (Å²) in [6.07, 6.45) is 3.64. The van der Waals surface area contributed by atoms with Crippen LogP contribution in [0.3, 0.4) is 0 Å². The maximum Gasteiger partial charge on any atom is 0.349 e. The average molecular weight is 483 g/mol. The summed E-state index contributed by atoms with van der Waals surface area (Å²) in [5, 5.41) is 10.2. The molecule has 0 N–H and O–H groups in total. The second-order valence-corrected chi connectivity index (χ2v) is 8.30. The fraction of sp³-hybridized carbons (Fsp3) is 0.280. The summed E-state index contributed by atoms with van der Waals surface area (Å²) in [5.41, 5.74) is 1.38. The van der Waals surface area contributed by atoms with Crippen molar-refractivity contribution in [1.82, 2.24) is 0 Å². The predicted octanol–water partition coefficient (Wildman–Crippen LogP) is 4.06. The number of thioether (sulfide) groups is 1. The van der Waals surface area contributed by atoms with Crippen LogP contribution in [-0.2, 0) is 28.6 Å². The second-order valence-electron chi connectivity index (χ2n) is 7.24. The van der Waals surface area contributed by atoms with Crippen LogP contribution < -0.4 is 4.90 Å². The summed E-state index contributed by atoms with van der Waals surface area (Å²) in [7, 11) is 0. The molecule has 34 heavy (non-hydrogen) atoms. The van der Waals surface area contributed by atoms with Crippen molar-refractivity contribution in [2.75, 3.05) is 31.3 Å². The van der Waals surface area contributed by atoms with Crippen molar-refractivity contribution < 1.29 is 28.6 Å². The monoisotopic (exact) mass is 482 g/mol. The highest BCUT2D eigenvalue weighted by atomic mass is 32.2. The van der Waals surface area contributed by atoms with Crippen molar-refractivity contribution in [2.24, 2.45) is 0 Å². The van der Waals surface area contributed by atoms with Gasteiger partial charge in [0.1, 0.15) is 24.9 Å². The summed E-state index contributed by atoms with van der Waals surface area (Å²) in [4.78, 5) is 38.2. The number of carbonyl (C=O) groups is 3. The van der Waals surface area contributed by atoms with Gasteiger partial charge in [-0.05, 0) is 44.6 Å². The Balaban J connectivity index is 2.03. The van der Waals surface area contributed by atoms with Gasteiger partial charge in [-0.2, -0.15) is 5.26 Å². The minimum Gasteiger partial charge on any atom is -0.462 e. The largest absolute Gasteiger partial charge is 0.462 e. The molecule has 0 atom stereocenters. The number of esters is 3. The van der Waals surface area contributed by atoms with Crippen molar-refractivity contribution in [3.05, 3.63) is 71.3 Å². The molecule has 1 aliphatic rings. The lowest BCUT2D eigenvalue weighted by Gasteiger charge is -2.20. The van der Waals surface area contributed by atoms with E-state index < -0.39 is 17.9 Å². The van der Waals surface area contributed by atoms with Crippen molar-refractivity contribution in [3.63, 3.8) is 0 Å². The molecule has 0 aromatic heterocycles. The van der Waals surface area contributed by atoms with Gasteiger partial charge < -0.3 is 19.1 Å². The number of benzene rings is 1. The number of hydrogen-bond acceptors (Lipinski definition) is 9. The number of ether oxygens (including phenoxy) is 3. The van der Waals surface area contributed by atoms with Gasteiger partial charge in [0.15, 0.2) is 0 Å². The zero-order chi connectivity index (χ0) is 25.1. The fourth-order valence-electron chi connectivity index (χ4n) is 2.69. The van der Waals surface area contributed by atoms with Crippen LogP contribution in [0, 0.1) is 11.3 Å². The van der Waals surface area contributed by atoms with E-state index in [0.717, 1.165) is 15.6 Å². The molecule has 0 spiro atoms. The first-order valence-electron chi connectivity index (χ1n) is 10.4. The third-order valence-electron chi connectivity index (χ3n) is 4.38. The lowest BCUT2D eigenvalue weighted by Crippen LogP contribution is -2.21. The maximum atomic E-state index is 12.2. The van der Waals surface area contributed by atoms with E-state index in [1.807, 2.05) is 35.2 Å².